The summed E-state index contributed by atoms with van der Waals surface area (Å²) in [6.07, 6.45) is 0. The second-order valence-electron chi connectivity index (χ2n) is 4.68. The second kappa shape index (κ2) is 4.37. The molecule has 1 atom stereocenters. The minimum atomic E-state index is -0.223. The number of aliphatic hydroxyl groups excluding tert-OH is 1. The third-order valence-electron chi connectivity index (χ3n) is 3.00. The molecule has 0 aromatic heterocycles. The van der Waals surface area contributed by atoms with Crippen LogP contribution in [0.3, 0.4) is 0 Å². The third kappa shape index (κ3) is 2.00. The van der Waals surface area contributed by atoms with E-state index in [1.807, 2.05) is 39.0 Å². The van der Waals surface area contributed by atoms with E-state index in [0.717, 1.165) is 16.9 Å². The van der Waals surface area contributed by atoms with Crippen molar-refractivity contribution in [2.45, 2.75) is 39.5 Å². The van der Waals surface area contributed by atoms with Crippen molar-refractivity contribution in [2.24, 2.45) is 0 Å². The summed E-state index contributed by atoms with van der Waals surface area (Å²) in [7, 11) is 0. The number of amides is 1. The molecule has 0 bridgehead atoms. The zero-order chi connectivity index (χ0) is 12.6. The van der Waals surface area contributed by atoms with Crippen LogP contribution in [0.4, 0.5) is 11.4 Å². The van der Waals surface area contributed by atoms with Gasteiger partial charge in [0.2, 0.25) is 5.91 Å². The van der Waals surface area contributed by atoms with E-state index < -0.39 is 0 Å². The lowest BCUT2D eigenvalue weighted by Crippen LogP contribution is -2.48. The molecule has 1 aromatic carbocycles. The maximum Gasteiger partial charge on any atom is 0.249 e. The Morgan fingerprint density at radius 3 is 2.76 bits per heavy atom. The van der Waals surface area contributed by atoms with Crippen molar-refractivity contribution in [2.75, 3.05) is 10.2 Å². The highest BCUT2D eigenvalue weighted by Gasteiger charge is 2.31. The van der Waals surface area contributed by atoms with Crippen LogP contribution in [0.1, 0.15) is 26.3 Å². The number of carbonyl (C=O) groups is 1. The SMILES string of the molecule is CC1Nc2cc(CO)ccc2N(C(C)C)C1=O. The summed E-state index contributed by atoms with van der Waals surface area (Å²) in [6.45, 7) is 5.87. The smallest absolute Gasteiger partial charge is 0.249 e. The molecule has 1 aliphatic rings. The predicted molar refractivity (Wildman–Crippen MR) is 68.1 cm³/mol. The minimum Gasteiger partial charge on any atom is -0.392 e. The van der Waals surface area contributed by atoms with Crippen LogP contribution < -0.4 is 10.2 Å². The molecule has 0 radical (unpaired) electrons. The van der Waals surface area contributed by atoms with Gasteiger partial charge in [-0.1, -0.05) is 6.07 Å². The molecule has 0 saturated carbocycles. The maximum atomic E-state index is 12.1. The quantitative estimate of drug-likeness (QED) is 0.819. The summed E-state index contributed by atoms with van der Waals surface area (Å²) < 4.78 is 0. The fourth-order valence-electron chi connectivity index (χ4n) is 2.16. The van der Waals surface area contributed by atoms with Gasteiger partial charge in [0.15, 0.2) is 0 Å². The van der Waals surface area contributed by atoms with Crippen LogP contribution in [0, 0.1) is 0 Å². The minimum absolute atomic E-state index is 0.0129. The van der Waals surface area contributed by atoms with E-state index in [2.05, 4.69) is 5.32 Å². The summed E-state index contributed by atoms with van der Waals surface area (Å²) in [5, 5.41) is 12.3. The zero-order valence-electron chi connectivity index (χ0n) is 10.4. The first-order valence-corrected chi connectivity index (χ1v) is 5.88. The average Bonchev–Trinajstić information content (AvgIpc) is 2.29. The number of rotatable bonds is 2. The lowest BCUT2D eigenvalue weighted by atomic mass is 10.1. The molecule has 92 valence electrons. The molecule has 0 spiro atoms. The Kier molecular flexibility index (Phi) is 3.07. The Labute approximate surface area is 101 Å². The molecule has 1 aliphatic heterocycles. The monoisotopic (exact) mass is 234 g/mol. The number of nitrogens with zero attached hydrogens (tertiary/aromatic N) is 1. The van der Waals surface area contributed by atoms with Crippen molar-refractivity contribution in [3.63, 3.8) is 0 Å². The van der Waals surface area contributed by atoms with Gasteiger partial charge in [0.05, 0.1) is 18.0 Å². The van der Waals surface area contributed by atoms with Crippen molar-refractivity contribution in [3.8, 4) is 0 Å². The molecule has 0 saturated heterocycles. The molecule has 4 heteroatoms. The third-order valence-corrected chi connectivity index (χ3v) is 3.00. The van der Waals surface area contributed by atoms with E-state index in [4.69, 9.17) is 5.11 Å². The summed E-state index contributed by atoms with van der Waals surface area (Å²) in [4.78, 5) is 13.9. The number of hydrogen-bond donors (Lipinski definition) is 2. The molecule has 1 aromatic rings. The molecule has 0 fully saturated rings. The maximum absolute atomic E-state index is 12.1. The van der Waals surface area contributed by atoms with Crippen LogP contribution in [-0.4, -0.2) is 23.1 Å². The van der Waals surface area contributed by atoms with Gasteiger partial charge < -0.3 is 15.3 Å². The van der Waals surface area contributed by atoms with Crippen LogP contribution >= 0.6 is 0 Å². The first kappa shape index (κ1) is 11.9. The molecular weight excluding hydrogens is 216 g/mol. The average molecular weight is 234 g/mol. The van der Waals surface area contributed by atoms with Crippen molar-refractivity contribution in [3.05, 3.63) is 23.8 Å². The van der Waals surface area contributed by atoms with Gasteiger partial charge in [0.25, 0.3) is 0 Å². The van der Waals surface area contributed by atoms with Crippen LogP contribution in [0.15, 0.2) is 18.2 Å². The van der Waals surface area contributed by atoms with Crippen molar-refractivity contribution in [1.29, 1.82) is 0 Å². The van der Waals surface area contributed by atoms with E-state index in [1.54, 1.807) is 4.90 Å². The van der Waals surface area contributed by atoms with Gasteiger partial charge in [-0.3, -0.25) is 4.79 Å². The molecule has 17 heavy (non-hydrogen) atoms. The molecule has 0 aliphatic carbocycles. The summed E-state index contributed by atoms with van der Waals surface area (Å²) in [6, 6.07) is 5.54. The molecule has 1 unspecified atom stereocenters. The van der Waals surface area contributed by atoms with Crippen molar-refractivity contribution < 1.29 is 9.90 Å². The number of hydrogen-bond acceptors (Lipinski definition) is 3. The first-order valence-electron chi connectivity index (χ1n) is 5.88. The molecule has 2 rings (SSSR count). The van der Waals surface area contributed by atoms with E-state index >= 15 is 0 Å². The molecule has 1 heterocycles. The predicted octanol–water partition coefficient (Wildman–Crippen LogP) is 1.73. The van der Waals surface area contributed by atoms with E-state index in [-0.39, 0.29) is 24.6 Å². The Bertz CT molecular complexity index is 443. The van der Waals surface area contributed by atoms with Gasteiger partial charge in [-0.15, -0.1) is 0 Å². The first-order chi connectivity index (χ1) is 8.04. The van der Waals surface area contributed by atoms with Crippen LogP contribution in [0.25, 0.3) is 0 Å². The van der Waals surface area contributed by atoms with Crippen molar-refractivity contribution >= 4 is 17.3 Å². The largest absolute Gasteiger partial charge is 0.392 e. The molecule has 1 amide bonds. The van der Waals surface area contributed by atoms with E-state index in [9.17, 15) is 4.79 Å². The Balaban J connectivity index is 2.49. The van der Waals surface area contributed by atoms with Gasteiger partial charge in [0.1, 0.15) is 6.04 Å². The lowest BCUT2D eigenvalue weighted by Gasteiger charge is -2.36. The molecule has 4 nitrogen and oxygen atoms in total. The van der Waals surface area contributed by atoms with Gasteiger partial charge in [-0.05, 0) is 38.5 Å². The van der Waals surface area contributed by atoms with Crippen LogP contribution in [0.5, 0.6) is 0 Å². The Morgan fingerprint density at radius 1 is 1.47 bits per heavy atom. The highest BCUT2D eigenvalue weighted by Crippen LogP contribution is 2.33. The fraction of sp³-hybridized carbons (Fsp3) is 0.462. The molecular formula is C13H18N2O2. The second-order valence-corrected chi connectivity index (χ2v) is 4.68. The Hall–Kier alpha value is -1.55. The number of aliphatic hydroxyl groups is 1. The van der Waals surface area contributed by atoms with Crippen LogP contribution in [0.2, 0.25) is 0 Å². The highest BCUT2D eigenvalue weighted by atomic mass is 16.3. The number of carbonyl (C=O) groups excluding carboxylic acids is 1. The fourth-order valence-corrected chi connectivity index (χ4v) is 2.16. The molecule has 2 N–H and O–H groups in total. The number of nitrogens with one attached hydrogen (secondary N) is 1. The standard InChI is InChI=1S/C13H18N2O2/c1-8(2)15-12-5-4-10(7-16)6-11(12)14-9(3)13(15)17/h4-6,8-9,14,16H,7H2,1-3H3. The number of anilines is 2. The van der Waals surface area contributed by atoms with E-state index in [1.165, 1.54) is 0 Å². The summed E-state index contributed by atoms with van der Waals surface area (Å²) >= 11 is 0. The number of fused-ring (bicyclic) bond motifs is 1. The normalized spacial score (nSPS) is 19.2. The number of benzene rings is 1. The summed E-state index contributed by atoms with van der Waals surface area (Å²) in [5.41, 5.74) is 2.65. The van der Waals surface area contributed by atoms with E-state index in [0.29, 0.717) is 0 Å². The highest BCUT2D eigenvalue weighted by molar-refractivity contribution is 6.05. The van der Waals surface area contributed by atoms with Crippen LogP contribution in [-0.2, 0) is 11.4 Å². The van der Waals surface area contributed by atoms with Gasteiger partial charge >= 0.3 is 0 Å². The van der Waals surface area contributed by atoms with Gasteiger partial charge in [-0.25, -0.2) is 0 Å². The summed E-state index contributed by atoms with van der Waals surface area (Å²) in [5.74, 6) is 0.0873. The topological polar surface area (TPSA) is 52.6 Å². The lowest BCUT2D eigenvalue weighted by molar-refractivity contribution is -0.119. The van der Waals surface area contributed by atoms with Gasteiger partial charge in [-0.2, -0.15) is 0 Å². The van der Waals surface area contributed by atoms with Gasteiger partial charge in [0, 0.05) is 6.04 Å². The van der Waals surface area contributed by atoms with Crippen molar-refractivity contribution in [1.82, 2.24) is 0 Å². The zero-order valence-corrected chi connectivity index (χ0v) is 10.4. The Morgan fingerprint density at radius 2 is 2.18 bits per heavy atom.